The van der Waals surface area contributed by atoms with Crippen molar-refractivity contribution in [3.05, 3.63) is 78.6 Å². The Balaban J connectivity index is 1.81. The highest BCUT2D eigenvalue weighted by Gasteiger charge is 2.40. The number of hydrogen-bond acceptors (Lipinski definition) is 3. The van der Waals surface area contributed by atoms with E-state index in [0.29, 0.717) is 0 Å². The molecule has 5 nitrogen and oxygen atoms in total. The Morgan fingerprint density at radius 3 is 2.77 bits per heavy atom. The van der Waals surface area contributed by atoms with Crippen LogP contribution in [-0.4, -0.2) is 31.1 Å². The van der Waals surface area contributed by atoms with Gasteiger partial charge in [-0.2, -0.15) is 0 Å². The summed E-state index contributed by atoms with van der Waals surface area (Å²) in [6.45, 7) is 3.08. The van der Waals surface area contributed by atoms with Crippen molar-refractivity contribution in [1.82, 2.24) is 24.8 Å². The monoisotopic (exact) mass is 363 g/mol. The minimum atomic E-state index is 0.0144. The van der Waals surface area contributed by atoms with E-state index in [1.54, 1.807) is 6.20 Å². The lowest BCUT2D eigenvalue weighted by Crippen LogP contribution is -2.31. The maximum Gasteiger partial charge on any atom is 0.170 e. The van der Waals surface area contributed by atoms with Crippen LogP contribution in [0.2, 0.25) is 0 Å². The first-order chi connectivity index (χ1) is 12.8. The highest BCUT2D eigenvalue weighted by atomic mass is 32.1. The second kappa shape index (κ2) is 7.25. The molecule has 0 bridgehead atoms. The van der Waals surface area contributed by atoms with E-state index >= 15 is 0 Å². The normalized spacial score (nSPS) is 19.6. The Morgan fingerprint density at radius 1 is 1.12 bits per heavy atom. The largest absolute Gasteiger partial charge is 0.352 e. The van der Waals surface area contributed by atoms with E-state index in [0.717, 1.165) is 29.5 Å². The van der Waals surface area contributed by atoms with Gasteiger partial charge in [0.15, 0.2) is 5.11 Å². The fourth-order valence-corrected chi connectivity index (χ4v) is 3.91. The molecule has 0 saturated carbocycles. The molecule has 0 spiro atoms. The summed E-state index contributed by atoms with van der Waals surface area (Å²) in [4.78, 5) is 11.1. The molecule has 2 atom stereocenters. The maximum atomic E-state index is 5.66. The minimum Gasteiger partial charge on any atom is -0.352 e. The van der Waals surface area contributed by atoms with Gasteiger partial charge in [0.25, 0.3) is 0 Å². The van der Waals surface area contributed by atoms with Gasteiger partial charge in [-0.1, -0.05) is 13.0 Å². The lowest BCUT2D eigenvalue weighted by molar-refractivity contribution is 0.309. The topological polar surface area (TPSA) is 46.0 Å². The van der Waals surface area contributed by atoms with Crippen LogP contribution in [0, 0.1) is 0 Å². The van der Waals surface area contributed by atoms with Gasteiger partial charge >= 0.3 is 0 Å². The van der Waals surface area contributed by atoms with Crippen LogP contribution in [0.5, 0.6) is 0 Å². The molecule has 0 unspecified atom stereocenters. The second-order valence-electron chi connectivity index (χ2n) is 6.33. The van der Waals surface area contributed by atoms with Crippen molar-refractivity contribution in [2.24, 2.45) is 0 Å². The van der Waals surface area contributed by atoms with Crippen molar-refractivity contribution in [2.75, 3.05) is 6.54 Å². The number of thiocarbonyl (C=S) groups is 1. The number of pyridine rings is 2. The molecule has 3 aromatic heterocycles. The van der Waals surface area contributed by atoms with Gasteiger partial charge in [-0.25, -0.2) is 0 Å². The molecule has 132 valence electrons. The van der Waals surface area contributed by atoms with Crippen LogP contribution in [-0.2, 0) is 0 Å². The zero-order valence-electron chi connectivity index (χ0n) is 14.6. The van der Waals surface area contributed by atoms with Crippen molar-refractivity contribution in [3.8, 4) is 5.69 Å². The first kappa shape index (κ1) is 16.7. The third-order valence-corrected chi connectivity index (χ3v) is 5.02. The first-order valence-corrected chi connectivity index (χ1v) is 9.26. The molecule has 6 heteroatoms. The zero-order chi connectivity index (χ0) is 17.9. The third-order valence-electron chi connectivity index (χ3n) is 4.67. The molecule has 0 amide bonds. The number of aromatic nitrogens is 3. The fraction of sp³-hybridized carbons (Fsp3) is 0.250. The highest BCUT2D eigenvalue weighted by molar-refractivity contribution is 7.80. The van der Waals surface area contributed by atoms with E-state index < -0.39 is 0 Å². The highest BCUT2D eigenvalue weighted by Crippen LogP contribution is 2.39. The Bertz CT molecular complexity index is 877. The third kappa shape index (κ3) is 2.97. The number of nitrogens with zero attached hydrogens (tertiary/aromatic N) is 4. The minimum absolute atomic E-state index is 0.0144. The van der Waals surface area contributed by atoms with Gasteiger partial charge in [-0.15, -0.1) is 0 Å². The van der Waals surface area contributed by atoms with Crippen LogP contribution < -0.4 is 5.32 Å². The summed E-state index contributed by atoms with van der Waals surface area (Å²) in [6, 6.07) is 14.4. The average molecular weight is 363 g/mol. The molecule has 4 heterocycles. The van der Waals surface area contributed by atoms with E-state index in [1.165, 1.54) is 5.69 Å². The molecular formula is C20H21N5S. The SMILES string of the molecule is CCCN1C(=S)N[C@@H](c2ccccn2)[C@@H]1c1cccn1-c1cccnc1. The Morgan fingerprint density at radius 2 is 2.04 bits per heavy atom. The van der Waals surface area contributed by atoms with Crippen LogP contribution in [0.3, 0.4) is 0 Å². The predicted octanol–water partition coefficient (Wildman–Crippen LogP) is 3.65. The summed E-state index contributed by atoms with van der Waals surface area (Å²) in [6.07, 6.45) is 8.61. The van der Waals surface area contributed by atoms with Crippen LogP contribution in [0.1, 0.15) is 36.8 Å². The van der Waals surface area contributed by atoms with Crippen molar-refractivity contribution < 1.29 is 0 Å². The molecule has 0 aromatic carbocycles. The molecule has 1 saturated heterocycles. The lowest BCUT2D eigenvalue weighted by Gasteiger charge is -2.28. The summed E-state index contributed by atoms with van der Waals surface area (Å²) in [7, 11) is 0. The van der Waals surface area contributed by atoms with Gasteiger partial charge in [0.1, 0.15) is 0 Å². The van der Waals surface area contributed by atoms with Crippen LogP contribution >= 0.6 is 12.2 Å². The van der Waals surface area contributed by atoms with Crippen molar-refractivity contribution in [1.29, 1.82) is 0 Å². The number of nitrogens with one attached hydrogen (secondary N) is 1. The summed E-state index contributed by atoms with van der Waals surface area (Å²) in [5.74, 6) is 0. The first-order valence-electron chi connectivity index (χ1n) is 8.85. The molecule has 1 aliphatic rings. The fourth-order valence-electron chi connectivity index (χ4n) is 3.58. The molecule has 1 N–H and O–H groups in total. The van der Waals surface area contributed by atoms with Gasteiger partial charge in [0.05, 0.1) is 29.7 Å². The van der Waals surface area contributed by atoms with Crippen molar-refractivity contribution >= 4 is 17.3 Å². The van der Waals surface area contributed by atoms with E-state index in [2.05, 4.69) is 62.1 Å². The Labute approximate surface area is 158 Å². The molecule has 0 radical (unpaired) electrons. The molecule has 26 heavy (non-hydrogen) atoms. The molecular weight excluding hydrogens is 342 g/mol. The van der Waals surface area contributed by atoms with Gasteiger partial charge in [-0.3, -0.25) is 9.97 Å². The number of hydrogen-bond donors (Lipinski definition) is 1. The standard InChI is InChI=1S/C20H21N5S/c1-2-12-25-19(18(23-20(25)26)16-8-3-4-11-22-16)17-9-6-13-24(17)15-7-5-10-21-14-15/h3-11,13-14,18-19H,2,12H2,1H3,(H,23,26)/t18-,19-/m0/s1. The van der Waals surface area contributed by atoms with Crippen LogP contribution in [0.4, 0.5) is 0 Å². The summed E-state index contributed by atoms with van der Waals surface area (Å²) >= 11 is 5.66. The van der Waals surface area contributed by atoms with Gasteiger partial charge < -0.3 is 14.8 Å². The second-order valence-corrected chi connectivity index (χ2v) is 6.72. The van der Waals surface area contributed by atoms with Gasteiger partial charge in [0.2, 0.25) is 0 Å². The van der Waals surface area contributed by atoms with E-state index in [1.807, 2.05) is 30.6 Å². The summed E-state index contributed by atoms with van der Waals surface area (Å²) < 4.78 is 2.19. The average Bonchev–Trinajstić information content (AvgIpc) is 3.28. The molecule has 4 rings (SSSR count). The Hall–Kier alpha value is -2.73. The Kier molecular flexibility index (Phi) is 4.67. The zero-order valence-corrected chi connectivity index (χ0v) is 15.4. The maximum absolute atomic E-state index is 5.66. The number of rotatable bonds is 5. The lowest BCUT2D eigenvalue weighted by atomic mass is 10.0. The van der Waals surface area contributed by atoms with Crippen LogP contribution in [0.15, 0.2) is 67.3 Å². The van der Waals surface area contributed by atoms with Crippen LogP contribution in [0.25, 0.3) is 5.69 Å². The van der Waals surface area contributed by atoms with Crippen molar-refractivity contribution in [3.63, 3.8) is 0 Å². The molecule has 1 aliphatic heterocycles. The molecule has 1 fully saturated rings. The molecule has 3 aromatic rings. The van der Waals surface area contributed by atoms with E-state index in [4.69, 9.17) is 12.2 Å². The summed E-state index contributed by atoms with van der Waals surface area (Å²) in [5.41, 5.74) is 3.22. The van der Waals surface area contributed by atoms with Gasteiger partial charge in [0, 0.05) is 30.8 Å². The summed E-state index contributed by atoms with van der Waals surface area (Å²) in [5, 5.41) is 4.27. The predicted molar refractivity (Wildman–Crippen MR) is 106 cm³/mol. The van der Waals surface area contributed by atoms with Gasteiger partial charge in [-0.05, 0) is 55.0 Å². The van der Waals surface area contributed by atoms with E-state index in [-0.39, 0.29) is 12.1 Å². The smallest absolute Gasteiger partial charge is 0.170 e. The molecule has 0 aliphatic carbocycles. The van der Waals surface area contributed by atoms with E-state index in [9.17, 15) is 0 Å². The van der Waals surface area contributed by atoms with Crippen molar-refractivity contribution in [2.45, 2.75) is 25.4 Å². The quantitative estimate of drug-likeness (QED) is 0.701.